The van der Waals surface area contributed by atoms with Crippen molar-refractivity contribution in [2.75, 3.05) is 18.6 Å². The van der Waals surface area contributed by atoms with E-state index < -0.39 is 59.3 Å². The van der Waals surface area contributed by atoms with Gasteiger partial charge in [-0.25, -0.2) is 0 Å². The molecule has 0 saturated heterocycles. The molecule has 1 aliphatic rings. The number of alkyl halides is 6. The number of amides is 1. The summed E-state index contributed by atoms with van der Waals surface area (Å²) in [7, 11) is 1.25. The molecule has 0 aromatic heterocycles. The minimum atomic E-state index is -6.13. The molecule has 4 aromatic rings. The summed E-state index contributed by atoms with van der Waals surface area (Å²) in [6.45, 7) is 2.71. The molecule has 7 nitrogen and oxygen atoms in total. The Kier molecular flexibility index (Phi) is 11.5. The van der Waals surface area contributed by atoms with Gasteiger partial charge in [0.1, 0.15) is 11.9 Å². The lowest BCUT2D eigenvalue weighted by atomic mass is 9.88. The average Bonchev–Trinajstić information content (AvgIpc) is 3.31. The number of fused-ring (bicyclic) bond motifs is 1. The number of esters is 2. The lowest BCUT2D eigenvalue weighted by Crippen LogP contribution is -2.57. The molecule has 1 amide bonds. The Balaban J connectivity index is 1.57. The molecule has 0 fully saturated rings. The maximum Gasteiger partial charge on any atom is 0.442 e. The molecule has 1 aliphatic heterocycles. The fourth-order valence-corrected chi connectivity index (χ4v) is 6.34. The third-order valence-corrected chi connectivity index (χ3v) is 9.32. The molecule has 0 spiro atoms. The van der Waals surface area contributed by atoms with Gasteiger partial charge in [0.05, 0.1) is 31.9 Å². The van der Waals surface area contributed by atoms with E-state index in [-0.39, 0.29) is 42.6 Å². The summed E-state index contributed by atoms with van der Waals surface area (Å²) in [6, 6.07) is 25.0. The van der Waals surface area contributed by atoms with Crippen LogP contribution in [0.15, 0.2) is 103 Å². The summed E-state index contributed by atoms with van der Waals surface area (Å²) >= 11 is 0. The van der Waals surface area contributed by atoms with Gasteiger partial charge in [0.15, 0.2) is 0 Å². The third-order valence-electron chi connectivity index (χ3n) is 9.32. The van der Waals surface area contributed by atoms with Gasteiger partial charge >= 0.3 is 29.9 Å². The first-order valence-electron chi connectivity index (χ1n) is 16.8. The number of benzene rings is 4. The standard InChI is InChI=1S/C40H37F6NO6/c1-25(28-12-6-4-7-13-28)36(49)47-24-33(52-32-16-10-11-27(21-32)22-35(48)51-3)19-17-30-23-31(18-20-34(30)47)38(39(41,42)43,40(44,45)46)53-37(50)26(2)29-14-8-5-9-15-29/h4-16,18,20-21,23,25-26,33H,17,19,22,24H2,1-3H3/t25-,26-,33-/m0/s1. The lowest BCUT2D eigenvalue weighted by molar-refractivity contribution is -0.378. The van der Waals surface area contributed by atoms with Crippen molar-refractivity contribution in [1.82, 2.24) is 0 Å². The van der Waals surface area contributed by atoms with Gasteiger partial charge in [0.2, 0.25) is 5.91 Å². The van der Waals surface area contributed by atoms with E-state index >= 15 is 0 Å². The first kappa shape index (κ1) is 38.9. The molecule has 280 valence electrons. The first-order valence-corrected chi connectivity index (χ1v) is 16.8. The van der Waals surface area contributed by atoms with Gasteiger partial charge in [0.25, 0.3) is 0 Å². The quantitative estimate of drug-likeness (QED) is 0.120. The second-order valence-corrected chi connectivity index (χ2v) is 12.8. The molecule has 4 aromatic carbocycles. The summed E-state index contributed by atoms with van der Waals surface area (Å²) in [6.07, 6.45) is -13.1. The van der Waals surface area contributed by atoms with E-state index in [9.17, 15) is 40.7 Å². The van der Waals surface area contributed by atoms with Gasteiger partial charge in [-0.15, -0.1) is 0 Å². The Labute approximate surface area is 302 Å². The molecule has 0 N–H and O–H groups in total. The van der Waals surface area contributed by atoms with Gasteiger partial charge in [-0.3, -0.25) is 14.4 Å². The molecule has 53 heavy (non-hydrogen) atoms. The van der Waals surface area contributed by atoms with Gasteiger partial charge in [-0.2, -0.15) is 26.3 Å². The van der Waals surface area contributed by atoms with Crippen LogP contribution in [0.1, 0.15) is 59.9 Å². The molecule has 0 radical (unpaired) electrons. The first-order chi connectivity index (χ1) is 25.1. The zero-order chi connectivity index (χ0) is 38.6. The molecule has 1 heterocycles. The van der Waals surface area contributed by atoms with Crippen LogP contribution in [0.3, 0.4) is 0 Å². The molecule has 0 unspecified atom stereocenters. The van der Waals surface area contributed by atoms with Crippen molar-refractivity contribution < 1.29 is 54.9 Å². The molecule has 0 bridgehead atoms. The van der Waals surface area contributed by atoms with Crippen molar-refractivity contribution >= 4 is 23.5 Å². The summed E-state index contributed by atoms with van der Waals surface area (Å²) in [5, 5.41) is 0. The van der Waals surface area contributed by atoms with Crippen LogP contribution in [0.5, 0.6) is 5.75 Å². The van der Waals surface area contributed by atoms with E-state index in [1.165, 1.54) is 36.3 Å². The fourth-order valence-electron chi connectivity index (χ4n) is 6.34. The average molecular weight is 742 g/mol. The monoisotopic (exact) mass is 741 g/mol. The molecule has 0 aliphatic carbocycles. The predicted molar refractivity (Wildman–Crippen MR) is 183 cm³/mol. The zero-order valence-electron chi connectivity index (χ0n) is 29.0. The largest absolute Gasteiger partial charge is 0.489 e. The number of nitrogens with zero attached hydrogens (tertiary/aromatic N) is 1. The minimum Gasteiger partial charge on any atom is -0.489 e. The van der Waals surface area contributed by atoms with E-state index in [1.807, 2.05) is 0 Å². The molecular formula is C40H37F6NO6. The van der Waals surface area contributed by atoms with Crippen LogP contribution in [-0.2, 0) is 42.3 Å². The second kappa shape index (κ2) is 15.7. The highest BCUT2D eigenvalue weighted by molar-refractivity contribution is 5.98. The highest BCUT2D eigenvalue weighted by Crippen LogP contribution is 2.54. The second-order valence-electron chi connectivity index (χ2n) is 12.8. The zero-order valence-corrected chi connectivity index (χ0v) is 29.0. The Morgan fingerprint density at radius 3 is 1.96 bits per heavy atom. The van der Waals surface area contributed by atoms with Crippen molar-refractivity contribution in [2.24, 2.45) is 0 Å². The van der Waals surface area contributed by atoms with Crippen molar-refractivity contribution in [2.45, 2.75) is 69.0 Å². The van der Waals surface area contributed by atoms with Gasteiger partial charge in [0, 0.05) is 11.3 Å². The third kappa shape index (κ3) is 8.34. The summed E-state index contributed by atoms with van der Waals surface area (Å²) < 4.78 is 105. The number of rotatable bonds is 10. The normalized spacial score (nSPS) is 16.1. The SMILES string of the molecule is COC(=O)Cc1cccc(O[C@H]2CCc3cc(C(OC(=O)[C@@H](C)c4ccccc4)(C(F)(F)F)C(F)(F)F)ccc3N(C(=O)[C@@H](C)c3ccccc3)C2)c1. The molecule has 3 atom stereocenters. The molecular weight excluding hydrogens is 704 g/mol. The van der Waals surface area contributed by atoms with Crippen LogP contribution < -0.4 is 9.64 Å². The minimum absolute atomic E-state index is 0.00770. The highest BCUT2D eigenvalue weighted by atomic mass is 19.4. The van der Waals surface area contributed by atoms with Crippen LogP contribution in [0.25, 0.3) is 0 Å². The van der Waals surface area contributed by atoms with Gasteiger partial charge < -0.3 is 19.1 Å². The van der Waals surface area contributed by atoms with E-state index in [0.717, 1.165) is 13.0 Å². The Morgan fingerprint density at radius 2 is 1.38 bits per heavy atom. The summed E-state index contributed by atoms with van der Waals surface area (Å²) in [5.74, 6) is -4.56. The number of carbonyl (C=O) groups excluding carboxylic acids is 3. The number of methoxy groups -OCH3 is 1. The van der Waals surface area contributed by atoms with Gasteiger partial charge in [-0.05, 0) is 73.2 Å². The van der Waals surface area contributed by atoms with E-state index in [1.54, 1.807) is 67.6 Å². The van der Waals surface area contributed by atoms with Crippen LogP contribution >= 0.6 is 0 Å². The van der Waals surface area contributed by atoms with Crippen LogP contribution in [-0.4, -0.2) is 50.0 Å². The van der Waals surface area contributed by atoms with Crippen molar-refractivity contribution in [1.29, 1.82) is 0 Å². The molecule has 13 heteroatoms. The fraction of sp³-hybridized carbons (Fsp3) is 0.325. The van der Waals surface area contributed by atoms with Gasteiger partial charge in [-0.1, -0.05) is 78.9 Å². The maximum atomic E-state index is 14.9. The number of ether oxygens (including phenoxy) is 3. The Morgan fingerprint density at radius 1 is 0.774 bits per heavy atom. The lowest BCUT2D eigenvalue weighted by Gasteiger charge is -2.38. The topological polar surface area (TPSA) is 82.1 Å². The van der Waals surface area contributed by atoms with E-state index in [2.05, 4.69) is 4.74 Å². The number of anilines is 1. The van der Waals surface area contributed by atoms with E-state index in [0.29, 0.717) is 29.0 Å². The summed E-state index contributed by atoms with van der Waals surface area (Å²) in [5.41, 5.74) is -4.91. The number of hydrogen-bond acceptors (Lipinski definition) is 6. The number of carbonyl (C=O) groups is 3. The number of hydrogen-bond donors (Lipinski definition) is 0. The smallest absolute Gasteiger partial charge is 0.442 e. The van der Waals surface area contributed by atoms with Crippen LogP contribution in [0, 0.1) is 0 Å². The van der Waals surface area contributed by atoms with Crippen molar-refractivity contribution in [3.05, 3.63) is 131 Å². The predicted octanol–water partition coefficient (Wildman–Crippen LogP) is 8.60. The number of halogens is 6. The highest BCUT2D eigenvalue weighted by Gasteiger charge is 2.75. The molecule has 5 rings (SSSR count). The Bertz CT molecular complexity index is 1900. The molecule has 0 saturated carbocycles. The van der Waals surface area contributed by atoms with Crippen LogP contribution in [0.2, 0.25) is 0 Å². The maximum absolute atomic E-state index is 14.9. The number of aryl methyl sites for hydroxylation is 1. The van der Waals surface area contributed by atoms with E-state index in [4.69, 9.17) is 9.47 Å². The van der Waals surface area contributed by atoms with Crippen LogP contribution in [0.4, 0.5) is 32.0 Å². The Hall–Kier alpha value is -5.33. The van der Waals surface area contributed by atoms with Crippen molar-refractivity contribution in [3.63, 3.8) is 0 Å². The summed E-state index contributed by atoms with van der Waals surface area (Å²) in [4.78, 5) is 40.4. The van der Waals surface area contributed by atoms with Crippen molar-refractivity contribution in [3.8, 4) is 5.75 Å².